The minimum Gasteiger partial charge on any atom is -0.469 e. The van der Waals surface area contributed by atoms with E-state index in [-0.39, 0.29) is 36.8 Å². The van der Waals surface area contributed by atoms with Gasteiger partial charge in [0.15, 0.2) is 19.9 Å². The molecular formula is C34H52O9Si. The summed E-state index contributed by atoms with van der Waals surface area (Å²) >= 11 is 0. The third-order valence-electron chi connectivity index (χ3n) is 10.3. The molecule has 44 heavy (non-hydrogen) atoms. The number of hydrogen-bond donors (Lipinski definition) is 0. The molecule has 10 heteroatoms. The van der Waals surface area contributed by atoms with Gasteiger partial charge in [0.2, 0.25) is 0 Å². The van der Waals surface area contributed by atoms with Crippen LogP contribution in [0.3, 0.4) is 0 Å². The van der Waals surface area contributed by atoms with Crippen molar-refractivity contribution in [2.24, 2.45) is 0 Å². The van der Waals surface area contributed by atoms with Gasteiger partial charge in [0.25, 0.3) is 0 Å². The number of carbonyl (C=O) groups excluding carboxylic acids is 2. The second-order valence-corrected chi connectivity index (χ2v) is 17.6. The first kappa shape index (κ1) is 33.7. The summed E-state index contributed by atoms with van der Waals surface area (Å²) in [7, 11) is -0.819. The molecule has 3 aliphatic heterocycles. The molecule has 1 saturated carbocycles. The summed E-state index contributed by atoms with van der Waals surface area (Å²) in [6.45, 7) is 7.28. The van der Waals surface area contributed by atoms with Crippen molar-refractivity contribution in [1.82, 2.24) is 0 Å². The second-order valence-electron chi connectivity index (χ2n) is 12.9. The number of rotatable bonds is 14. The summed E-state index contributed by atoms with van der Waals surface area (Å²) < 4.78 is 44.9. The van der Waals surface area contributed by atoms with Gasteiger partial charge < -0.3 is 32.8 Å². The average Bonchev–Trinajstić information content (AvgIpc) is 3.43. The first-order valence-electron chi connectivity index (χ1n) is 16.9. The molecule has 9 nitrogen and oxygen atoms in total. The molecule has 4 aliphatic rings. The molecule has 1 aliphatic carbocycles. The zero-order chi connectivity index (χ0) is 31.2. The third kappa shape index (κ3) is 7.65. The lowest BCUT2D eigenvalue weighted by Crippen LogP contribution is -2.64. The maximum Gasteiger partial charge on any atom is 0.308 e. The van der Waals surface area contributed by atoms with Crippen LogP contribution in [0, 0.1) is 0 Å². The van der Waals surface area contributed by atoms with Crippen LogP contribution in [0.5, 0.6) is 0 Å². The Morgan fingerprint density at radius 1 is 0.932 bits per heavy atom. The highest BCUT2D eigenvalue weighted by atomic mass is 28.4. The van der Waals surface area contributed by atoms with Crippen LogP contribution < -0.4 is 0 Å². The zero-order valence-electron chi connectivity index (χ0n) is 27.0. The van der Waals surface area contributed by atoms with Crippen molar-refractivity contribution in [2.75, 3.05) is 13.7 Å². The van der Waals surface area contributed by atoms with Crippen molar-refractivity contribution in [3.05, 3.63) is 35.9 Å². The van der Waals surface area contributed by atoms with Gasteiger partial charge in [0, 0.05) is 19.3 Å². The van der Waals surface area contributed by atoms with Gasteiger partial charge >= 0.3 is 5.97 Å². The summed E-state index contributed by atoms with van der Waals surface area (Å²) in [4.78, 5) is 26.2. The Hall–Kier alpha value is -1.66. The summed E-state index contributed by atoms with van der Waals surface area (Å²) in [5.74, 6) is -1.01. The van der Waals surface area contributed by atoms with Crippen LogP contribution in [0.1, 0.15) is 84.1 Å². The number of esters is 1. The fourth-order valence-electron chi connectivity index (χ4n) is 7.43. The van der Waals surface area contributed by atoms with E-state index in [0.717, 1.165) is 55.8 Å². The Bertz CT molecular complexity index is 1070. The highest BCUT2D eigenvalue weighted by Gasteiger charge is 2.62. The first-order chi connectivity index (χ1) is 21.3. The van der Waals surface area contributed by atoms with E-state index in [4.69, 9.17) is 32.8 Å². The molecule has 5 rings (SSSR count). The van der Waals surface area contributed by atoms with Gasteiger partial charge in [-0.05, 0) is 49.4 Å². The molecule has 4 fully saturated rings. The van der Waals surface area contributed by atoms with E-state index in [2.05, 4.69) is 20.8 Å². The number of carbonyl (C=O) groups is 2. The topological polar surface area (TPSA) is 98.8 Å². The summed E-state index contributed by atoms with van der Waals surface area (Å²) in [6.07, 6.45) is 3.35. The molecule has 3 saturated heterocycles. The number of Topliss-reactive ketones (excluding diaryl/α,β-unsaturated/α-hetero) is 1. The van der Waals surface area contributed by atoms with Crippen LogP contribution >= 0.6 is 0 Å². The number of benzene rings is 1. The van der Waals surface area contributed by atoms with E-state index >= 15 is 0 Å². The first-order valence-corrected chi connectivity index (χ1v) is 19.4. The third-order valence-corrected chi connectivity index (χ3v) is 14.9. The van der Waals surface area contributed by atoms with Gasteiger partial charge in [-0.1, -0.05) is 57.5 Å². The molecule has 7 atom stereocenters. The number of methoxy groups -OCH3 is 1. The highest BCUT2D eigenvalue weighted by Crippen LogP contribution is 2.48. The van der Waals surface area contributed by atoms with Crippen molar-refractivity contribution >= 4 is 20.1 Å². The van der Waals surface area contributed by atoms with E-state index in [1.165, 1.54) is 7.11 Å². The molecule has 246 valence electrons. The SMILES string of the molecule is CC[Si](CC)(CC)O[C@H](C(=O)CCOCc1ccccc1)[C@@H]1O[C@H]2CC[C@H](CC(=O)OC)O[C@@H]2[C@@H]2OC3(CCCCC3)O[C@@H]21. The standard InChI is InChI=1S/C34H52O9Si/c1-5-44(6-2,7-3)43-29(26(35)18-21-38-23-24-14-10-8-11-15-24)31-33-32(41-34(42-33)19-12-9-13-20-34)30-27(40-31)17-16-25(39-30)22-28(36)37-4/h8,10-11,14-15,25,27,29-33H,5-7,9,12-13,16-23H2,1-4H3/t25-,27+,29-,30+,31+,32+,33-/m1/s1. The van der Waals surface area contributed by atoms with E-state index in [9.17, 15) is 9.59 Å². The Labute approximate surface area is 263 Å². The van der Waals surface area contributed by atoms with Gasteiger partial charge in [-0.2, -0.15) is 0 Å². The van der Waals surface area contributed by atoms with Gasteiger partial charge in [0.05, 0.1) is 39.0 Å². The molecule has 0 unspecified atom stereocenters. The van der Waals surface area contributed by atoms with Crippen LogP contribution in [0.15, 0.2) is 30.3 Å². The molecule has 0 N–H and O–H groups in total. The molecule has 0 amide bonds. The van der Waals surface area contributed by atoms with Crippen molar-refractivity contribution in [3.8, 4) is 0 Å². The minimum atomic E-state index is -2.22. The monoisotopic (exact) mass is 632 g/mol. The van der Waals surface area contributed by atoms with Gasteiger partial charge in [-0.25, -0.2) is 0 Å². The van der Waals surface area contributed by atoms with E-state index in [0.29, 0.717) is 26.1 Å². The highest BCUT2D eigenvalue weighted by molar-refractivity contribution is 6.73. The lowest BCUT2D eigenvalue weighted by molar-refractivity contribution is -0.251. The van der Waals surface area contributed by atoms with Crippen LogP contribution in [0.2, 0.25) is 18.1 Å². The lowest BCUT2D eigenvalue weighted by Gasteiger charge is -2.48. The number of hydrogen-bond acceptors (Lipinski definition) is 9. The average molecular weight is 633 g/mol. The van der Waals surface area contributed by atoms with E-state index in [1.54, 1.807) is 0 Å². The maximum absolute atomic E-state index is 14.2. The molecule has 1 aromatic carbocycles. The van der Waals surface area contributed by atoms with E-state index in [1.807, 2.05) is 30.3 Å². The summed E-state index contributed by atoms with van der Waals surface area (Å²) in [5, 5.41) is 0. The Morgan fingerprint density at radius 3 is 2.32 bits per heavy atom. The molecule has 0 bridgehead atoms. The summed E-state index contributed by atoms with van der Waals surface area (Å²) in [5.41, 5.74) is 1.07. The molecule has 1 aromatic rings. The van der Waals surface area contributed by atoms with Crippen molar-refractivity contribution in [1.29, 1.82) is 0 Å². The van der Waals surface area contributed by atoms with E-state index < -0.39 is 44.6 Å². The second kappa shape index (κ2) is 15.3. The zero-order valence-corrected chi connectivity index (χ0v) is 28.0. The van der Waals surface area contributed by atoms with Crippen LogP contribution in [0.25, 0.3) is 0 Å². The quantitative estimate of drug-likeness (QED) is 0.142. The predicted octanol–water partition coefficient (Wildman–Crippen LogP) is 5.88. The number of ketones is 1. The lowest BCUT2D eigenvalue weighted by atomic mass is 9.86. The largest absolute Gasteiger partial charge is 0.469 e. The number of ether oxygens (including phenoxy) is 6. The van der Waals surface area contributed by atoms with Crippen LogP contribution in [-0.4, -0.2) is 82.3 Å². The summed E-state index contributed by atoms with van der Waals surface area (Å²) in [6, 6.07) is 12.7. The molecular weight excluding hydrogens is 580 g/mol. The molecule has 0 radical (unpaired) electrons. The Kier molecular flexibility index (Phi) is 11.7. The fraction of sp³-hybridized carbons (Fsp3) is 0.765. The molecule has 0 aromatic heterocycles. The van der Waals surface area contributed by atoms with Crippen LogP contribution in [-0.2, 0) is 49.0 Å². The fourth-order valence-corrected chi connectivity index (χ4v) is 10.2. The van der Waals surface area contributed by atoms with Crippen molar-refractivity contribution in [2.45, 2.75) is 152 Å². The van der Waals surface area contributed by atoms with Crippen molar-refractivity contribution < 1.29 is 42.4 Å². The molecule has 1 spiro atoms. The van der Waals surface area contributed by atoms with Gasteiger partial charge in [0.1, 0.15) is 30.5 Å². The molecule has 3 heterocycles. The Balaban J connectivity index is 1.38. The normalized spacial score (nSPS) is 30.4. The maximum atomic E-state index is 14.2. The minimum absolute atomic E-state index is 0.0130. The number of fused-ring (bicyclic) bond motifs is 3. The predicted molar refractivity (Wildman–Crippen MR) is 167 cm³/mol. The Morgan fingerprint density at radius 2 is 1.64 bits per heavy atom. The van der Waals surface area contributed by atoms with Gasteiger partial charge in [-0.15, -0.1) is 0 Å². The van der Waals surface area contributed by atoms with Gasteiger partial charge in [-0.3, -0.25) is 9.59 Å². The smallest absolute Gasteiger partial charge is 0.308 e. The van der Waals surface area contributed by atoms with Crippen molar-refractivity contribution in [3.63, 3.8) is 0 Å². The van der Waals surface area contributed by atoms with Crippen LogP contribution in [0.4, 0.5) is 0 Å².